The molecule has 2 saturated heterocycles. The van der Waals surface area contributed by atoms with Gasteiger partial charge in [-0.3, -0.25) is 9.69 Å². The Morgan fingerprint density at radius 1 is 1.16 bits per heavy atom. The molecule has 198 valence electrons. The van der Waals surface area contributed by atoms with Crippen molar-refractivity contribution in [3.05, 3.63) is 76.1 Å². The molecule has 0 spiro atoms. The third kappa shape index (κ3) is 5.32. The largest absolute Gasteiger partial charge is 0.473 e. The molecule has 2 fully saturated rings. The van der Waals surface area contributed by atoms with Crippen molar-refractivity contribution in [2.24, 2.45) is 0 Å². The van der Waals surface area contributed by atoms with E-state index in [2.05, 4.69) is 14.5 Å². The number of nitrogens with one attached hydrogen (secondary N) is 1. The fourth-order valence-electron chi connectivity index (χ4n) is 5.21. The maximum absolute atomic E-state index is 14.1. The predicted molar refractivity (Wildman–Crippen MR) is 141 cm³/mol. The summed E-state index contributed by atoms with van der Waals surface area (Å²) in [4.78, 5) is 26.3. The first-order valence-corrected chi connectivity index (χ1v) is 13.3. The maximum Gasteiger partial charge on any atom is 0.213 e. The number of piperidine rings is 1. The minimum atomic E-state index is -0.386. The molecule has 1 unspecified atom stereocenters. The number of nitrogens with zero attached hydrogens (tertiary/aromatic N) is 4. The van der Waals surface area contributed by atoms with Gasteiger partial charge in [-0.15, -0.1) is 0 Å². The Labute approximate surface area is 224 Å². The van der Waals surface area contributed by atoms with E-state index in [1.54, 1.807) is 18.2 Å². The second-order valence-corrected chi connectivity index (χ2v) is 10.4. The Hall–Kier alpha value is -3.27. The van der Waals surface area contributed by atoms with Crippen molar-refractivity contribution in [2.45, 2.75) is 51.0 Å². The zero-order valence-electron chi connectivity index (χ0n) is 20.9. The second-order valence-electron chi connectivity index (χ2n) is 9.97. The van der Waals surface area contributed by atoms with Gasteiger partial charge in [0.15, 0.2) is 11.9 Å². The van der Waals surface area contributed by atoms with Gasteiger partial charge in [0.05, 0.1) is 30.4 Å². The van der Waals surface area contributed by atoms with Crippen LogP contribution in [0, 0.1) is 5.82 Å². The van der Waals surface area contributed by atoms with E-state index in [-0.39, 0.29) is 18.5 Å². The molecule has 8 nitrogen and oxygen atoms in total. The molecule has 0 radical (unpaired) electrons. The van der Waals surface area contributed by atoms with Crippen LogP contribution < -0.4 is 4.74 Å². The van der Waals surface area contributed by atoms with Gasteiger partial charge < -0.3 is 19.0 Å². The first kappa shape index (κ1) is 25.0. The lowest BCUT2D eigenvalue weighted by molar-refractivity contribution is -0.0592. The molecular formula is C28H29ClFN5O3. The Balaban J connectivity index is 1.08. The molecule has 0 saturated carbocycles. The standard InChI is InChI=1S/C28H29ClFN5O3/c29-20-5-4-19(23(30)12-20)17-38-27-3-1-2-24(32-27)18-6-9-34(10-7-18)15-26-33-28-25(13-21(16-36)31-28)35(26)14-22-8-11-37-22/h1-5,12-13,16,18,22,31H,6-11,14-15,17H2. The van der Waals surface area contributed by atoms with E-state index in [1.165, 1.54) is 6.07 Å². The van der Waals surface area contributed by atoms with Crippen molar-refractivity contribution in [3.8, 4) is 5.88 Å². The van der Waals surface area contributed by atoms with Crippen molar-refractivity contribution in [3.63, 3.8) is 0 Å². The number of halogens is 2. The lowest BCUT2D eigenvalue weighted by Gasteiger charge is -2.32. The molecule has 0 bridgehead atoms. The van der Waals surface area contributed by atoms with Crippen LogP contribution in [0.15, 0.2) is 42.5 Å². The fourth-order valence-corrected chi connectivity index (χ4v) is 5.37. The normalized spacial score (nSPS) is 18.5. The Kier molecular flexibility index (Phi) is 7.14. The van der Waals surface area contributed by atoms with Crippen LogP contribution in [0.1, 0.15) is 52.8 Å². The number of imidazole rings is 1. The SMILES string of the molecule is O=Cc1cc2c(nc(CN3CCC(c4cccc(OCc5ccc(Cl)cc5F)n4)CC3)n2CC2CCO2)[nH]1. The molecule has 1 atom stereocenters. The number of H-pyrrole nitrogens is 1. The number of carbonyl (C=O) groups is 1. The lowest BCUT2D eigenvalue weighted by Crippen LogP contribution is -2.35. The molecule has 38 heavy (non-hydrogen) atoms. The maximum atomic E-state index is 14.1. The van der Waals surface area contributed by atoms with E-state index >= 15 is 0 Å². The molecule has 2 aliphatic heterocycles. The van der Waals surface area contributed by atoms with Gasteiger partial charge in [-0.25, -0.2) is 14.4 Å². The quantitative estimate of drug-likeness (QED) is 0.299. The Bertz CT molecular complexity index is 1440. The summed E-state index contributed by atoms with van der Waals surface area (Å²) in [5.41, 5.74) is 3.67. The van der Waals surface area contributed by atoms with E-state index in [0.29, 0.717) is 28.1 Å². The third-order valence-corrected chi connectivity index (χ3v) is 7.69. The van der Waals surface area contributed by atoms with E-state index in [0.717, 1.165) is 81.0 Å². The molecule has 0 amide bonds. The molecule has 5 heterocycles. The van der Waals surface area contributed by atoms with Gasteiger partial charge in [0.25, 0.3) is 0 Å². The van der Waals surface area contributed by atoms with Crippen LogP contribution in [0.5, 0.6) is 5.88 Å². The predicted octanol–water partition coefficient (Wildman–Crippen LogP) is 5.11. The molecule has 0 aliphatic carbocycles. The van der Waals surface area contributed by atoms with Crippen LogP contribution in [0.2, 0.25) is 5.02 Å². The van der Waals surface area contributed by atoms with E-state index in [9.17, 15) is 9.18 Å². The number of likely N-dealkylation sites (tertiary alicyclic amines) is 1. The summed E-state index contributed by atoms with van der Waals surface area (Å²) >= 11 is 5.84. The summed E-state index contributed by atoms with van der Waals surface area (Å²) in [5, 5.41) is 0.360. The smallest absolute Gasteiger partial charge is 0.213 e. The van der Waals surface area contributed by atoms with Gasteiger partial charge in [0.1, 0.15) is 18.2 Å². The molecule has 2 aliphatic rings. The molecule has 1 aromatic carbocycles. The lowest BCUT2D eigenvalue weighted by atomic mass is 9.93. The minimum absolute atomic E-state index is 0.0960. The number of rotatable bonds is 9. The summed E-state index contributed by atoms with van der Waals surface area (Å²) in [5.74, 6) is 1.42. The van der Waals surface area contributed by atoms with E-state index in [1.807, 2.05) is 18.2 Å². The van der Waals surface area contributed by atoms with E-state index < -0.39 is 0 Å². The minimum Gasteiger partial charge on any atom is -0.473 e. The molecule has 6 rings (SSSR count). The molecule has 3 aromatic heterocycles. The highest BCUT2D eigenvalue weighted by molar-refractivity contribution is 6.30. The number of fused-ring (bicyclic) bond motifs is 1. The number of aromatic nitrogens is 4. The van der Waals surface area contributed by atoms with Gasteiger partial charge in [0, 0.05) is 34.9 Å². The van der Waals surface area contributed by atoms with Crippen LogP contribution in [-0.4, -0.2) is 56.5 Å². The number of aromatic amines is 1. The van der Waals surface area contributed by atoms with Crippen molar-refractivity contribution in [1.82, 2.24) is 24.4 Å². The van der Waals surface area contributed by atoms with Crippen LogP contribution in [0.4, 0.5) is 4.39 Å². The van der Waals surface area contributed by atoms with Gasteiger partial charge in [0.2, 0.25) is 5.88 Å². The van der Waals surface area contributed by atoms with Crippen molar-refractivity contribution in [1.29, 1.82) is 0 Å². The third-order valence-electron chi connectivity index (χ3n) is 7.45. The topological polar surface area (TPSA) is 85.3 Å². The van der Waals surface area contributed by atoms with Crippen LogP contribution in [0.3, 0.4) is 0 Å². The fraction of sp³-hybridized carbons (Fsp3) is 0.393. The van der Waals surface area contributed by atoms with Gasteiger partial charge in [-0.05, 0) is 56.6 Å². The van der Waals surface area contributed by atoms with Gasteiger partial charge >= 0.3 is 0 Å². The highest BCUT2D eigenvalue weighted by atomic mass is 35.5. The number of aldehydes is 1. The van der Waals surface area contributed by atoms with Crippen molar-refractivity contribution >= 4 is 29.1 Å². The average Bonchev–Trinajstić information content (AvgIpc) is 3.44. The Morgan fingerprint density at radius 3 is 2.74 bits per heavy atom. The number of hydrogen-bond acceptors (Lipinski definition) is 6. The highest BCUT2D eigenvalue weighted by Gasteiger charge is 2.26. The first-order valence-electron chi connectivity index (χ1n) is 13.0. The van der Waals surface area contributed by atoms with Crippen LogP contribution in [-0.2, 0) is 24.4 Å². The van der Waals surface area contributed by atoms with Gasteiger partial charge in [-0.1, -0.05) is 23.7 Å². The van der Waals surface area contributed by atoms with Crippen molar-refractivity contribution in [2.75, 3.05) is 19.7 Å². The summed E-state index contributed by atoms with van der Waals surface area (Å²) in [7, 11) is 0. The Morgan fingerprint density at radius 2 is 2.00 bits per heavy atom. The number of pyridine rings is 1. The van der Waals surface area contributed by atoms with Gasteiger partial charge in [-0.2, -0.15) is 0 Å². The molecule has 4 aromatic rings. The average molecular weight is 538 g/mol. The van der Waals surface area contributed by atoms with Crippen LogP contribution >= 0.6 is 11.6 Å². The summed E-state index contributed by atoms with van der Waals surface area (Å²) in [6.07, 6.45) is 4.01. The van der Waals surface area contributed by atoms with E-state index in [4.69, 9.17) is 31.0 Å². The number of benzene rings is 1. The monoisotopic (exact) mass is 537 g/mol. The van der Waals surface area contributed by atoms with Crippen molar-refractivity contribution < 1.29 is 18.7 Å². The highest BCUT2D eigenvalue weighted by Crippen LogP contribution is 2.30. The molecule has 1 N–H and O–H groups in total. The summed E-state index contributed by atoms with van der Waals surface area (Å²) < 4.78 is 27.7. The zero-order chi connectivity index (χ0) is 26.1. The second kappa shape index (κ2) is 10.8. The molecular weight excluding hydrogens is 509 g/mol. The first-order chi connectivity index (χ1) is 18.6. The molecule has 10 heteroatoms. The number of ether oxygens (including phenoxy) is 2. The summed E-state index contributed by atoms with van der Waals surface area (Å²) in [6.45, 7) is 4.23. The van der Waals surface area contributed by atoms with Crippen LogP contribution in [0.25, 0.3) is 11.2 Å². The summed E-state index contributed by atoms with van der Waals surface area (Å²) in [6, 6.07) is 12.2. The number of hydrogen-bond donors (Lipinski definition) is 1. The zero-order valence-corrected chi connectivity index (χ0v) is 21.7. The number of carbonyl (C=O) groups excluding carboxylic acids is 1.